The zero-order valence-electron chi connectivity index (χ0n) is 14.9. The lowest BCUT2D eigenvalue weighted by Gasteiger charge is -2.39. The number of hydrogen-bond acceptors (Lipinski definition) is 4. The molecule has 1 aliphatic heterocycles. The predicted molar refractivity (Wildman–Crippen MR) is 95.9 cm³/mol. The van der Waals surface area contributed by atoms with E-state index in [1.807, 2.05) is 26.0 Å². The number of β-amino-alcohol motifs (C(OH)–C–C–N with tert-alkyl or cyclic N) is 1. The van der Waals surface area contributed by atoms with Gasteiger partial charge in [0, 0.05) is 18.5 Å². The molecule has 1 atom stereocenters. The third-order valence-electron chi connectivity index (χ3n) is 4.31. The van der Waals surface area contributed by atoms with E-state index in [0.717, 1.165) is 11.1 Å². The van der Waals surface area contributed by atoms with E-state index in [2.05, 4.69) is 5.32 Å². The van der Waals surface area contributed by atoms with Gasteiger partial charge in [-0.05, 0) is 49.9 Å². The number of halogens is 1. The monoisotopic (exact) mass is 368 g/mol. The largest absolute Gasteiger partial charge is 0.491 e. The maximum absolute atomic E-state index is 12.1. The van der Waals surface area contributed by atoms with E-state index in [4.69, 9.17) is 16.3 Å². The highest BCUT2D eigenvalue weighted by molar-refractivity contribution is 6.32. The van der Waals surface area contributed by atoms with Crippen molar-refractivity contribution in [3.8, 4) is 5.75 Å². The van der Waals surface area contributed by atoms with Gasteiger partial charge in [-0.3, -0.25) is 9.59 Å². The Kier molecular flexibility index (Phi) is 6.30. The number of piperidine rings is 1. The molecule has 2 amide bonds. The Labute approximate surface area is 153 Å². The van der Waals surface area contributed by atoms with E-state index in [0.29, 0.717) is 30.2 Å². The number of ether oxygens (including phenoxy) is 1. The lowest BCUT2D eigenvalue weighted by atomic mass is 9.93. The number of nitrogens with zero attached hydrogens (tertiary/aromatic N) is 1. The van der Waals surface area contributed by atoms with Gasteiger partial charge in [0.1, 0.15) is 18.0 Å². The van der Waals surface area contributed by atoms with Crippen LogP contribution in [0.25, 0.3) is 0 Å². The number of carbonyl (C=O) groups is 2. The molecular weight excluding hydrogens is 344 g/mol. The van der Waals surface area contributed by atoms with E-state index in [1.54, 1.807) is 4.90 Å². The Morgan fingerprint density at radius 1 is 1.36 bits per heavy atom. The molecule has 0 saturated carbocycles. The van der Waals surface area contributed by atoms with Crippen LogP contribution >= 0.6 is 11.6 Å². The van der Waals surface area contributed by atoms with Gasteiger partial charge in [0.25, 0.3) is 0 Å². The molecule has 0 bridgehead atoms. The zero-order valence-corrected chi connectivity index (χ0v) is 15.7. The minimum Gasteiger partial charge on any atom is -0.491 e. The van der Waals surface area contributed by atoms with Gasteiger partial charge in [-0.1, -0.05) is 11.6 Å². The fourth-order valence-corrected chi connectivity index (χ4v) is 3.07. The van der Waals surface area contributed by atoms with Crippen LogP contribution in [0.4, 0.5) is 0 Å². The third kappa shape index (κ3) is 5.34. The quantitative estimate of drug-likeness (QED) is 0.831. The van der Waals surface area contributed by atoms with Crippen molar-refractivity contribution in [1.82, 2.24) is 10.2 Å². The van der Waals surface area contributed by atoms with Gasteiger partial charge in [-0.25, -0.2) is 0 Å². The molecule has 0 aromatic heterocycles. The number of nitrogens with one attached hydrogen (secondary N) is 1. The molecule has 25 heavy (non-hydrogen) atoms. The van der Waals surface area contributed by atoms with Gasteiger partial charge in [0.2, 0.25) is 11.8 Å². The predicted octanol–water partition coefficient (Wildman–Crippen LogP) is 1.83. The first-order chi connectivity index (χ1) is 11.7. The number of amides is 2. The SMILES string of the molecule is CC(=O)NCC(=O)N1CCC[C@](O)(COc2cc(C)c(Cl)c(C)c2)C1. The topological polar surface area (TPSA) is 78.9 Å². The second-order valence-electron chi connectivity index (χ2n) is 6.71. The molecule has 1 aromatic carbocycles. The van der Waals surface area contributed by atoms with Crippen LogP contribution < -0.4 is 10.1 Å². The number of aliphatic hydroxyl groups is 1. The van der Waals surface area contributed by atoms with E-state index < -0.39 is 5.60 Å². The fourth-order valence-electron chi connectivity index (χ4n) is 2.96. The maximum atomic E-state index is 12.1. The molecule has 0 aliphatic carbocycles. The summed E-state index contributed by atoms with van der Waals surface area (Å²) in [5, 5.41) is 14.0. The van der Waals surface area contributed by atoms with Crippen LogP contribution in [-0.4, -0.2) is 53.7 Å². The Bertz CT molecular complexity index is 641. The number of carbonyl (C=O) groups excluding carboxylic acids is 2. The number of rotatable bonds is 5. The van der Waals surface area contributed by atoms with Gasteiger partial charge in [-0.15, -0.1) is 0 Å². The molecule has 2 rings (SSSR count). The summed E-state index contributed by atoms with van der Waals surface area (Å²) < 4.78 is 5.78. The van der Waals surface area contributed by atoms with Crippen molar-refractivity contribution < 1.29 is 19.4 Å². The van der Waals surface area contributed by atoms with Crippen LogP contribution in [0.15, 0.2) is 12.1 Å². The Balaban J connectivity index is 1.96. The molecule has 0 spiro atoms. The van der Waals surface area contributed by atoms with Crippen molar-refractivity contribution in [2.75, 3.05) is 26.2 Å². The first kappa shape index (κ1) is 19.5. The number of aryl methyl sites for hydroxylation is 2. The molecule has 1 aliphatic rings. The maximum Gasteiger partial charge on any atom is 0.242 e. The van der Waals surface area contributed by atoms with Crippen LogP contribution in [0.2, 0.25) is 5.02 Å². The second-order valence-corrected chi connectivity index (χ2v) is 7.09. The van der Waals surface area contributed by atoms with Crippen molar-refractivity contribution in [1.29, 1.82) is 0 Å². The molecule has 1 aromatic rings. The fraction of sp³-hybridized carbons (Fsp3) is 0.556. The summed E-state index contributed by atoms with van der Waals surface area (Å²) in [6, 6.07) is 3.67. The normalized spacial score (nSPS) is 20.3. The summed E-state index contributed by atoms with van der Waals surface area (Å²) in [5.74, 6) is 0.193. The average Bonchev–Trinajstić information content (AvgIpc) is 2.55. The molecule has 2 N–H and O–H groups in total. The molecule has 6 nitrogen and oxygen atoms in total. The lowest BCUT2D eigenvalue weighted by Crippen LogP contribution is -2.54. The Morgan fingerprint density at radius 2 is 2.00 bits per heavy atom. The first-order valence-electron chi connectivity index (χ1n) is 8.34. The van der Waals surface area contributed by atoms with E-state index in [9.17, 15) is 14.7 Å². The van der Waals surface area contributed by atoms with Crippen molar-refractivity contribution in [3.05, 3.63) is 28.3 Å². The first-order valence-corrected chi connectivity index (χ1v) is 8.72. The second kappa shape index (κ2) is 8.06. The smallest absolute Gasteiger partial charge is 0.242 e. The van der Waals surface area contributed by atoms with Gasteiger partial charge in [0.05, 0.1) is 13.1 Å². The van der Waals surface area contributed by atoms with Gasteiger partial charge in [-0.2, -0.15) is 0 Å². The van der Waals surface area contributed by atoms with Crippen molar-refractivity contribution >= 4 is 23.4 Å². The van der Waals surface area contributed by atoms with Crippen LogP contribution in [0.5, 0.6) is 5.75 Å². The van der Waals surface area contributed by atoms with Crippen LogP contribution in [0.3, 0.4) is 0 Å². The highest BCUT2D eigenvalue weighted by Crippen LogP contribution is 2.28. The summed E-state index contributed by atoms with van der Waals surface area (Å²) in [6.45, 7) is 5.97. The van der Waals surface area contributed by atoms with Crippen molar-refractivity contribution in [3.63, 3.8) is 0 Å². The van der Waals surface area contributed by atoms with Crippen LogP contribution in [-0.2, 0) is 9.59 Å². The van der Waals surface area contributed by atoms with E-state index >= 15 is 0 Å². The Hall–Kier alpha value is -1.79. The summed E-state index contributed by atoms with van der Waals surface area (Å²) >= 11 is 6.15. The molecule has 7 heteroatoms. The average molecular weight is 369 g/mol. The molecule has 1 heterocycles. The van der Waals surface area contributed by atoms with Crippen LogP contribution in [0, 0.1) is 13.8 Å². The standard InChI is InChI=1S/C18H25ClN2O4/c1-12-7-15(8-13(2)17(12)19)25-11-18(24)5-4-6-21(10-18)16(23)9-20-14(3)22/h7-8,24H,4-6,9-11H2,1-3H3,(H,20,22)/t18-/m1/s1. The van der Waals surface area contributed by atoms with Crippen LogP contribution in [0.1, 0.15) is 30.9 Å². The third-order valence-corrected chi connectivity index (χ3v) is 4.91. The van der Waals surface area contributed by atoms with E-state index in [1.165, 1.54) is 6.92 Å². The van der Waals surface area contributed by atoms with Gasteiger partial charge in [0.15, 0.2) is 0 Å². The highest BCUT2D eigenvalue weighted by Gasteiger charge is 2.36. The van der Waals surface area contributed by atoms with Gasteiger partial charge >= 0.3 is 0 Å². The van der Waals surface area contributed by atoms with Crippen molar-refractivity contribution in [2.45, 2.75) is 39.2 Å². The minimum absolute atomic E-state index is 0.0537. The lowest BCUT2D eigenvalue weighted by molar-refractivity contribution is -0.140. The summed E-state index contributed by atoms with van der Waals surface area (Å²) in [4.78, 5) is 24.6. The zero-order chi connectivity index (χ0) is 18.6. The van der Waals surface area contributed by atoms with Gasteiger partial charge < -0.3 is 20.1 Å². The number of benzene rings is 1. The van der Waals surface area contributed by atoms with E-state index in [-0.39, 0.29) is 31.5 Å². The highest BCUT2D eigenvalue weighted by atomic mass is 35.5. The summed E-state index contributed by atoms with van der Waals surface area (Å²) in [6.07, 6.45) is 1.24. The molecule has 1 fully saturated rings. The van der Waals surface area contributed by atoms with Crippen molar-refractivity contribution in [2.24, 2.45) is 0 Å². The molecule has 138 valence electrons. The summed E-state index contributed by atoms with van der Waals surface area (Å²) in [5.41, 5.74) is 0.727. The Morgan fingerprint density at radius 3 is 2.60 bits per heavy atom. The molecule has 1 saturated heterocycles. The summed E-state index contributed by atoms with van der Waals surface area (Å²) in [7, 11) is 0. The molecular formula is C18H25ClN2O4. The number of likely N-dealkylation sites (tertiary alicyclic amines) is 1. The molecule has 0 radical (unpaired) electrons. The minimum atomic E-state index is -1.11. The number of hydrogen-bond donors (Lipinski definition) is 2. The molecule has 0 unspecified atom stereocenters.